The van der Waals surface area contributed by atoms with Gasteiger partial charge in [-0.2, -0.15) is 0 Å². The Balaban J connectivity index is 0.00000144. The van der Waals surface area contributed by atoms with Crippen LogP contribution in [0.1, 0.15) is 0 Å². The summed E-state index contributed by atoms with van der Waals surface area (Å²) in [4.78, 5) is 21.5. The number of hydrogen-bond acceptors (Lipinski definition) is 4. The number of thioether (sulfide) groups is 1. The third-order valence-corrected chi connectivity index (χ3v) is 2.41. The molecule has 1 fully saturated rings. The van der Waals surface area contributed by atoms with Crippen molar-refractivity contribution in [3.05, 3.63) is 0 Å². The summed E-state index contributed by atoms with van der Waals surface area (Å²) in [6.07, 6.45) is 0. The first-order chi connectivity index (χ1) is 5.70. The number of primary amides is 1. The second kappa shape index (κ2) is 6.06. The standard InChI is InChI=1S/C6H11N3O2S.ClH/c7-5(10)1-8-6(11)4-2-12-3-9-4;/h4,9H,1-3H2,(H2,7,10)(H,8,11);1H/t4-;/m1./s1. The van der Waals surface area contributed by atoms with Gasteiger partial charge in [0.05, 0.1) is 12.6 Å². The van der Waals surface area contributed by atoms with Crippen LogP contribution in [0.3, 0.4) is 0 Å². The SMILES string of the molecule is Cl.NC(=O)CNC(=O)[C@H]1CSCN1. The molecule has 0 aliphatic carbocycles. The van der Waals surface area contributed by atoms with Crippen molar-refractivity contribution >= 4 is 36.0 Å². The molecule has 1 aliphatic rings. The second-order valence-corrected chi connectivity index (χ2v) is 3.49. The zero-order chi connectivity index (χ0) is 8.97. The maximum absolute atomic E-state index is 11.2. The van der Waals surface area contributed by atoms with Gasteiger partial charge < -0.3 is 11.1 Å². The van der Waals surface area contributed by atoms with E-state index in [0.29, 0.717) is 0 Å². The van der Waals surface area contributed by atoms with Gasteiger partial charge in [0, 0.05) is 11.6 Å². The number of hydrogen-bond donors (Lipinski definition) is 3. The summed E-state index contributed by atoms with van der Waals surface area (Å²) in [5, 5.41) is 5.41. The summed E-state index contributed by atoms with van der Waals surface area (Å²) in [5.74, 6) is 0.868. The van der Waals surface area contributed by atoms with Crippen molar-refractivity contribution in [2.24, 2.45) is 5.73 Å². The van der Waals surface area contributed by atoms with Crippen LogP contribution >= 0.6 is 24.2 Å². The summed E-state index contributed by atoms with van der Waals surface area (Å²) in [5.41, 5.74) is 4.86. The highest BCUT2D eigenvalue weighted by atomic mass is 35.5. The van der Waals surface area contributed by atoms with Gasteiger partial charge in [0.1, 0.15) is 0 Å². The van der Waals surface area contributed by atoms with Crippen molar-refractivity contribution < 1.29 is 9.59 Å². The van der Waals surface area contributed by atoms with Gasteiger partial charge in [0.2, 0.25) is 11.8 Å². The average molecular weight is 226 g/mol. The first-order valence-electron chi connectivity index (χ1n) is 3.57. The molecular weight excluding hydrogens is 214 g/mol. The Morgan fingerprint density at radius 3 is 2.77 bits per heavy atom. The molecule has 1 aliphatic heterocycles. The maximum atomic E-state index is 11.2. The number of carbonyl (C=O) groups excluding carboxylic acids is 2. The van der Waals surface area contributed by atoms with Crippen LogP contribution in [0.25, 0.3) is 0 Å². The predicted octanol–water partition coefficient (Wildman–Crippen LogP) is -1.33. The zero-order valence-corrected chi connectivity index (χ0v) is 8.54. The molecule has 0 spiro atoms. The fourth-order valence-electron chi connectivity index (χ4n) is 0.861. The Morgan fingerprint density at radius 2 is 2.31 bits per heavy atom. The van der Waals surface area contributed by atoms with E-state index in [2.05, 4.69) is 10.6 Å². The molecule has 0 bridgehead atoms. The molecule has 0 aromatic rings. The van der Waals surface area contributed by atoms with Crippen LogP contribution in [0.15, 0.2) is 0 Å². The van der Waals surface area contributed by atoms with E-state index in [9.17, 15) is 9.59 Å². The van der Waals surface area contributed by atoms with Crippen LogP contribution < -0.4 is 16.4 Å². The summed E-state index contributed by atoms with van der Waals surface area (Å²) < 4.78 is 0. The number of carbonyl (C=O) groups is 2. The molecular formula is C6H12ClN3O2S. The first-order valence-corrected chi connectivity index (χ1v) is 4.73. The third-order valence-electron chi connectivity index (χ3n) is 1.47. The number of nitrogens with one attached hydrogen (secondary N) is 2. The molecule has 0 unspecified atom stereocenters. The van der Waals surface area contributed by atoms with E-state index < -0.39 is 5.91 Å². The molecule has 76 valence electrons. The predicted molar refractivity (Wildman–Crippen MR) is 53.7 cm³/mol. The molecule has 0 aromatic heterocycles. The smallest absolute Gasteiger partial charge is 0.238 e. The van der Waals surface area contributed by atoms with Crippen LogP contribution in [-0.4, -0.2) is 36.0 Å². The number of amides is 2. The topological polar surface area (TPSA) is 84.2 Å². The van der Waals surface area contributed by atoms with Gasteiger partial charge >= 0.3 is 0 Å². The lowest BCUT2D eigenvalue weighted by atomic mass is 10.3. The largest absolute Gasteiger partial charge is 0.368 e. The summed E-state index contributed by atoms with van der Waals surface area (Å²) in [6.45, 7) is -0.0817. The Labute approximate surface area is 86.6 Å². The molecule has 7 heteroatoms. The van der Waals surface area contributed by atoms with Gasteiger partial charge in [-0.15, -0.1) is 24.2 Å². The second-order valence-electron chi connectivity index (χ2n) is 2.46. The lowest BCUT2D eigenvalue weighted by Crippen LogP contribution is -2.44. The van der Waals surface area contributed by atoms with E-state index in [0.717, 1.165) is 11.6 Å². The minimum absolute atomic E-state index is 0. The van der Waals surface area contributed by atoms with Crippen LogP contribution in [0, 0.1) is 0 Å². The summed E-state index contributed by atoms with van der Waals surface area (Å²) in [7, 11) is 0. The fraction of sp³-hybridized carbons (Fsp3) is 0.667. The van der Waals surface area contributed by atoms with Crippen LogP contribution in [0.4, 0.5) is 0 Å². The minimum atomic E-state index is -0.519. The Hall–Kier alpha value is -0.460. The highest BCUT2D eigenvalue weighted by Gasteiger charge is 2.21. The molecule has 5 nitrogen and oxygen atoms in total. The van der Waals surface area contributed by atoms with E-state index in [-0.39, 0.29) is 30.9 Å². The molecule has 0 radical (unpaired) electrons. The van der Waals surface area contributed by atoms with Crippen molar-refractivity contribution in [2.75, 3.05) is 18.2 Å². The minimum Gasteiger partial charge on any atom is -0.368 e. The molecule has 1 heterocycles. The molecule has 4 N–H and O–H groups in total. The normalized spacial score (nSPS) is 20.5. The van der Waals surface area contributed by atoms with Gasteiger partial charge in [-0.05, 0) is 0 Å². The summed E-state index contributed by atoms with van der Waals surface area (Å²) in [6, 6.07) is -0.172. The van der Waals surface area contributed by atoms with E-state index in [4.69, 9.17) is 5.73 Å². The Kier molecular flexibility index (Phi) is 5.85. The van der Waals surface area contributed by atoms with Crippen LogP contribution in [0.2, 0.25) is 0 Å². The number of halogens is 1. The third kappa shape index (κ3) is 4.35. The van der Waals surface area contributed by atoms with Crippen LogP contribution in [-0.2, 0) is 9.59 Å². The highest BCUT2D eigenvalue weighted by molar-refractivity contribution is 7.99. The van der Waals surface area contributed by atoms with E-state index in [1.165, 1.54) is 0 Å². The number of rotatable bonds is 3. The van der Waals surface area contributed by atoms with E-state index in [1.807, 2.05) is 0 Å². The van der Waals surface area contributed by atoms with Gasteiger partial charge in [-0.1, -0.05) is 0 Å². The van der Waals surface area contributed by atoms with Crippen LogP contribution in [0.5, 0.6) is 0 Å². The molecule has 1 saturated heterocycles. The zero-order valence-electron chi connectivity index (χ0n) is 6.91. The molecule has 0 aromatic carbocycles. The van der Waals surface area contributed by atoms with Gasteiger partial charge in [-0.25, -0.2) is 0 Å². The first kappa shape index (κ1) is 12.5. The van der Waals surface area contributed by atoms with E-state index >= 15 is 0 Å². The molecule has 1 rings (SSSR count). The number of nitrogens with two attached hydrogens (primary N) is 1. The Morgan fingerprint density at radius 1 is 1.62 bits per heavy atom. The van der Waals surface area contributed by atoms with Crippen molar-refractivity contribution in [3.8, 4) is 0 Å². The van der Waals surface area contributed by atoms with Gasteiger partial charge in [-0.3, -0.25) is 14.9 Å². The van der Waals surface area contributed by atoms with Crippen molar-refractivity contribution in [1.82, 2.24) is 10.6 Å². The quantitative estimate of drug-likeness (QED) is 0.556. The lowest BCUT2D eigenvalue weighted by Gasteiger charge is -2.08. The van der Waals surface area contributed by atoms with Gasteiger partial charge in [0.15, 0.2) is 0 Å². The monoisotopic (exact) mass is 225 g/mol. The van der Waals surface area contributed by atoms with Crippen molar-refractivity contribution in [1.29, 1.82) is 0 Å². The lowest BCUT2D eigenvalue weighted by molar-refractivity contribution is -0.125. The summed E-state index contributed by atoms with van der Waals surface area (Å²) >= 11 is 1.66. The fourth-order valence-corrected chi connectivity index (χ4v) is 1.80. The van der Waals surface area contributed by atoms with Gasteiger partial charge in [0.25, 0.3) is 0 Å². The van der Waals surface area contributed by atoms with Crippen molar-refractivity contribution in [2.45, 2.75) is 6.04 Å². The van der Waals surface area contributed by atoms with Crippen molar-refractivity contribution in [3.63, 3.8) is 0 Å². The van der Waals surface area contributed by atoms with E-state index in [1.54, 1.807) is 11.8 Å². The molecule has 2 amide bonds. The highest BCUT2D eigenvalue weighted by Crippen LogP contribution is 2.08. The molecule has 13 heavy (non-hydrogen) atoms. The molecule has 1 atom stereocenters. The average Bonchev–Trinajstić information content (AvgIpc) is 2.51. The Bertz CT molecular complexity index is 196. The molecule has 0 saturated carbocycles. The maximum Gasteiger partial charge on any atom is 0.238 e.